The molecule has 7 nitrogen and oxygen atoms in total. The van der Waals surface area contributed by atoms with E-state index in [1.807, 2.05) is 0 Å². The van der Waals surface area contributed by atoms with Crippen molar-refractivity contribution >= 4 is 11.6 Å². The molecule has 24 heavy (non-hydrogen) atoms. The van der Waals surface area contributed by atoms with Gasteiger partial charge in [-0.05, 0) is 25.8 Å². The van der Waals surface area contributed by atoms with Gasteiger partial charge in [-0.3, -0.25) is 14.9 Å². The molecule has 2 aliphatic heterocycles. The lowest BCUT2D eigenvalue weighted by Crippen LogP contribution is -2.43. The molecule has 2 fully saturated rings. The predicted molar refractivity (Wildman–Crippen MR) is 82.1 cm³/mol. The van der Waals surface area contributed by atoms with Crippen molar-refractivity contribution in [3.05, 3.63) is 39.2 Å². The van der Waals surface area contributed by atoms with Crippen LogP contribution in [0.3, 0.4) is 0 Å². The Morgan fingerprint density at radius 1 is 1.38 bits per heavy atom. The van der Waals surface area contributed by atoms with Gasteiger partial charge in [0, 0.05) is 30.6 Å². The van der Waals surface area contributed by atoms with E-state index >= 15 is 0 Å². The van der Waals surface area contributed by atoms with Crippen molar-refractivity contribution in [1.82, 2.24) is 4.90 Å². The fraction of sp³-hybridized carbons (Fsp3) is 0.562. The zero-order valence-corrected chi connectivity index (χ0v) is 13.4. The van der Waals surface area contributed by atoms with Crippen molar-refractivity contribution in [3.8, 4) is 0 Å². The van der Waals surface area contributed by atoms with Crippen molar-refractivity contribution in [2.45, 2.75) is 26.1 Å². The fourth-order valence-electron chi connectivity index (χ4n) is 3.23. The first kappa shape index (κ1) is 16.8. The van der Waals surface area contributed by atoms with Crippen molar-refractivity contribution < 1.29 is 23.6 Å². The first-order chi connectivity index (χ1) is 11.5. The van der Waals surface area contributed by atoms with Crippen LogP contribution in [0.2, 0.25) is 0 Å². The zero-order chi connectivity index (χ0) is 17.3. The van der Waals surface area contributed by atoms with Crippen molar-refractivity contribution in [2.24, 2.45) is 5.92 Å². The molecule has 8 heteroatoms. The Kier molecular flexibility index (Phi) is 4.77. The molecule has 1 aromatic carbocycles. The minimum absolute atomic E-state index is 0.00120. The van der Waals surface area contributed by atoms with Crippen molar-refractivity contribution in [3.63, 3.8) is 0 Å². The van der Waals surface area contributed by atoms with Crippen LogP contribution in [-0.2, 0) is 9.47 Å². The second-order valence-corrected chi connectivity index (χ2v) is 6.12. The number of hydrogen-bond acceptors (Lipinski definition) is 5. The highest BCUT2D eigenvalue weighted by Crippen LogP contribution is 2.28. The lowest BCUT2D eigenvalue weighted by molar-refractivity contribution is -0.385. The maximum absolute atomic E-state index is 13.9. The molecular weight excluding hydrogens is 319 g/mol. The molecule has 0 aliphatic carbocycles. The molecule has 0 N–H and O–H groups in total. The molecule has 3 rings (SSSR count). The molecule has 0 aromatic heterocycles. The van der Waals surface area contributed by atoms with Gasteiger partial charge in [0.05, 0.1) is 23.7 Å². The summed E-state index contributed by atoms with van der Waals surface area (Å²) in [6.45, 7) is 3.39. The number of ether oxygens (including phenoxy) is 2. The summed E-state index contributed by atoms with van der Waals surface area (Å²) in [7, 11) is 0. The minimum Gasteiger partial charge on any atom is -0.350 e. The molecule has 1 amide bonds. The minimum atomic E-state index is -0.747. The van der Waals surface area contributed by atoms with Crippen LogP contribution in [-0.4, -0.2) is 48.3 Å². The summed E-state index contributed by atoms with van der Waals surface area (Å²) >= 11 is 0. The summed E-state index contributed by atoms with van der Waals surface area (Å²) < 4.78 is 24.9. The number of hydrogen-bond donors (Lipinski definition) is 0. The predicted octanol–water partition coefficient (Wildman–Crippen LogP) is 2.27. The third-order valence-corrected chi connectivity index (χ3v) is 4.54. The van der Waals surface area contributed by atoms with Gasteiger partial charge in [-0.15, -0.1) is 0 Å². The van der Waals surface area contributed by atoms with Gasteiger partial charge in [-0.2, -0.15) is 0 Å². The number of rotatable bonds is 3. The smallest absolute Gasteiger partial charge is 0.276 e. The maximum atomic E-state index is 13.9. The lowest BCUT2D eigenvalue weighted by Gasteiger charge is -2.34. The summed E-state index contributed by atoms with van der Waals surface area (Å²) in [5.74, 6) is -1.08. The lowest BCUT2D eigenvalue weighted by atomic mass is 9.96. The normalized spacial score (nSPS) is 21.9. The van der Waals surface area contributed by atoms with Gasteiger partial charge in [0.2, 0.25) is 0 Å². The summed E-state index contributed by atoms with van der Waals surface area (Å²) in [6, 6.07) is 2.21. The first-order valence-electron chi connectivity index (χ1n) is 7.94. The van der Waals surface area contributed by atoms with Crippen molar-refractivity contribution in [2.75, 3.05) is 26.3 Å². The number of amides is 1. The highest BCUT2D eigenvalue weighted by molar-refractivity contribution is 5.95. The van der Waals surface area contributed by atoms with Crippen molar-refractivity contribution in [1.29, 1.82) is 0 Å². The Hall–Kier alpha value is -2.06. The van der Waals surface area contributed by atoms with E-state index in [0.29, 0.717) is 26.3 Å². The molecule has 2 saturated heterocycles. The van der Waals surface area contributed by atoms with E-state index in [-0.39, 0.29) is 29.0 Å². The van der Waals surface area contributed by atoms with Crippen LogP contribution in [0.25, 0.3) is 0 Å². The topological polar surface area (TPSA) is 81.9 Å². The van der Waals surface area contributed by atoms with Gasteiger partial charge in [0.25, 0.3) is 11.6 Å². The Bertz CT molecular complexity index is 660. The summed E-state index contributed by atoms with van der Waals surface area (Å²) in [5.41, 5.74) is -0.450. The van der Waals surface area contributed by atoms with Gasteiger partial charge in [-0.1, -0.05) is 0 Å². The highest BCUT2D eigenvalue weighted by Gasteiger charge is 2.33. The Morgan fingerprint density at radius 3 is 2.75 bits per heavy atom. The van der Waals surface area contributed by atoms with Gasteiger partial charge < -0.3 is 14.4 Å². The van der Waals surface area contributed by atoms with Crippen LogP contribution in [0.5, 0.6) is 0 Å². The van der Waals surface area contributed by atoms with E-state index in [2.05, 4.69) is 0 Å². The maximum Gasteiger partial charge on any atom is 0.276 e. The molecular formula is C16H19FN2O5. The Labute approximate surface area is 138 Å². The van der Waals surface area contributed by atoms with E-state index < -0.39 is 16.6 Å². The standard InChI is InChI=1S/C16H19FN2O5/c1-10-13(17)7-12(8-14(10)19(21)22)15(20)18-4-2-3-11(9-18)16-23-5-6-24-16/h7-8,11,16H,2-6,9H2,1H3. The average Bonchev–Trinajstić information content (AvgIpc) is 3.11. The molecule has 0 saturated carbocycles. The first-order valence-corrected chi connectivity index (χ1v) is 7.94. The third-order valence-electron chi connectivity index (χ3n) is 4.54. The monoisotopic (exact) mass is 338 g/mol. The van der Waals surface area contributed by atoms with E-state index in [1.165, 1.54) is 6.92 Å². The number of carbonyl (C=O) groups excluding carboxylic acids is 1. The molecule has 0 bridgehead atoms. The van der Waals surface area contributed by atoms with Crippen LogP contribution in [0.4, 0.5) is 10.1 Å². The van der Waals surface area contributed by atoms with Gasteiger partial charge in [0.1, 0.15) is 5.82 Å². The highest BCUT2D eigenvalue weighted by atomic mass is 19.1. The number of nitro benzene ring substituents is 1. The summed E-state index contributed by atoms with van der Waals surface area (Å²) in [4.78, 5) is 24.6. The van der Waals surface area contributed by atoms with Crippen LogP contribution in [0.15, 0.2) is 12.1 Å². The van der Waals surface area contributed by atoms with Gasteiger partial charge in [0.15, 0.2) is 6.29 Å². The largest absolute Gasteiger partial charge is 0.350 e. The van der Waals surface area contributed by atoms with E-state index in [4.69, 9.17) is 9.47 Å². The van der Waals surface area contributed by atoms with Crippen LogP contribution in [0, 0.1) is 28.8 Å². The van der Waals surface area contributed by atoms with Crippen LogP contribution >= 0.6 is 0 Å². The Morgan fingerprint density at radius 2 is 2.08 bits per heavy atom. The average molecular weight is 338 g/mol. The SMILES string of the molecule is Cc1c(F)cc(C(=O)N2CCCC(C3OCCO3)C2)cc1[N+](=O)[O-]. The number of nitro groups is 1. The molecule has 2 aliphatic rings. The van der Waals surface area contributed by atoms with Gasteiger partial charge >= 0.3 is 0 Å². The summed E-state index contributed by atoms with van der Waals surface area (Å²) in [6.07, 6.45) is 1.36. The molecule has 2 heterocycles. The summed E-state index contributed by atoms with van der Waals surface area (Å²) in [5, 5.41) is 11.0. The molecule has 1 aromatic rings. The fourth-order valence-corrected chi connectivity index (χ4v) is 3.23. The van der Waals surface area contributed by atoms with E-state index in [9.17, 15) is 19.3 Å². The third kappa shape index (κ3) is 3.25. The molecule has 1 unspecified atom stereocenters. The van der Waals surface area contributed by atoms with Gasteiger partial charge in [-0.25, -0.2) is 4.39 Å². The molecule has 0 spiro atoms. The number of piperidine rings is 1. The second kappa shape index (κ2) is 6.82. The molecule has 130 valence electrons. The molecule has 0 radical (unpaired) electrons. The zero-order valence-electron chi connectivity index (χ0n) is 13.4. The Balaban J connectivity index is 1.79. The number of likely N-dealkylation sites (tertiary alicyclic amines) is 1. The number of carbonyl (C=O) groups is 1. The molecule has 1 atom stereocenters. The van der Waals surface area contributed by atoms with E-state index in [0.717, 1.165) is 25.0 Å². The van der Waals surface area contributed by atoms with Crippen LogP contribution < -0.4 is 0 Å². The number of nitrogens with zero attached hydrogens (tertiary/aromatic N) is 2. The quantitative estimate of drug-likeness (QED) is 0.624. The van der Waals surface area contributed by atoms with Crippen LogP contribution in [0.1, 0.15) is 28.8 Å². The number of benzene rings is 1. The van der Waals surface area contributed by atoms with E-state index in [1.54, 1.807) is 4.90 Å². The second-order valence-electron chi connectivity index (χ2n) is 6.12. The number of halogens is 1.